The van der Waals surface area contributed by atoms with Gasteiger partial charge in [-0.1, -0.05) is 42.5 Å². The molecule has 1 amide bonds. The normalized spacial score (nSPS) is 9.83. The van der Waals surface area contributed by atoms with Crippen molar-refractivity contribution in [2.75, 3.05) is 5.32 Å². The fourth-order valence-electron chi connectivity index (χ4n) is 1.69. The van der Waals surface area contributed by atoms with Crippen LogP contribution in [0.25, 0.3) is 0 Å². The van der Waals surface area contributed by atoms with Crippen LogP contribution in [0.2, 0.25) is 0 Å². The van der Waals surface area contributed by atoms with Gasteiger partial charge in [0.25, 0.3) is 0 Å². The number of carbonyl (C=O) groups excluding carboxylic acids is 1. The second kappa shape index (κ2) is 5.27. The Hall–Kier alpha value is -2.42. The van der Waals surface area contributed by atoms with Crippen molar-refractivity contribution >= 4 is 17.3 Å². The van der Waals surface area contributed by atoms with Crippen LogP contribution in [0.3, 0.4) is 0 Å². The Morgan fingerprint density at radius 3 is 2.06 bits per heavy atom. The highest BCUT2D eigenvalue weighted by molar-refractivity contribution is 6.11. The predicted molar refractivity (Wildman–Crippen MR) is 73.1 cm³/mol. The molecule has 0 radical (unpaired) electrons. The van der Waals surface area contributed by atoms with Crippen LogP contribution in [0.5, 0.6) is 0 Å². The Balaban J connectivity index is 2.20. The quantitative estimate of drug-likeness (QED) is 0.793. The van der Waals surface area contributed by atoms with Gasteiger partial charge in [-0.15, -0.1) is 0 Å². The smallest absolute Gasteiger partial charge is 0.221 e. The number of anilines is 1. The molecular weight excluding hydrogens is 224 g/mol. The summed E-state index contributed by atoms with van der Waals surface area (Å²) < 4.78 is 0. The SMILES string of the molecule is CC(=O)Nc1ccc(C(=N)c2ccccc2)cc1. The fraction of sp³-hybridized carbons (Fsp3) is 0.0667. The third kappa shape index (κ3) is 2.83. The third-order valence-electron chi connectivity index (χ3n) is 2.56. The molecule has 0 aliphatic rings. The van der Waals surface area contributed by atoms with E-state index in [-0.39, 0.29) is 5.91 Å². The molecule has 90 valence electrons. The molecule has 3 heteroatoms. The summed E-state index contributed by atoms with van der Waals surface area (Å²) in [6, 6.07) is 16.8. The molecule has 2 aromatic rings. The molecule has 0 unspecified atom stereocenters. The number of nitrogens with one attached hydrogen (secondary N) is 2. The summed E-state index contributed by atoms with van der Waals surface area (Å²) in [5.74, 6) is -0.0964. The van der Waals surface area contributed by atoms with E-state index in [1.165, 1.54) is 6.92 Å². The summed E-state index contributed by atoms with van der Waals surface area (Å²) in [4.78, 5) is 10.9. The lowest BCUT2D eigenvalue weighted by atomic mass is 10.0. The first-order valence-corrected chi connectivity index (χ1v) is 5.69. The second-order valence-corrected chi connectivity index (χ2v) is 4.00. The summed E-state index contributed by atoms with van der Waals surface area (Å²) in [6.45, 7) is 1.47. The molecule has 0 atom stereocenters. The Morgan fingerprint density at radius 2 is 1.50 bits per heavy atom. The number of hydrogen-bond acceptors (Lipinski definition) is 2. The van der Waals surface area contributed by atoms with Crippen LogP contribution in [0.4, 0.5) is 5.69 Å². The molecule has 18 heavy (non-hydrogen) atoms. The molecular formula is C15H14N2O. The van der Waals surface area contributed by atoms with Gasteiger partial charge in [0.2, 0.25) is 5.91 Å². The topological polar surface area (TPSA) is 53.0 Å². The zero-order valence-corrected chi connectivity index (χ0v) is 10.1. The van der Waals surface area contributed by atoms with Gasteiger partial charge in [0, 0.05) is 18.2 Å². The summed E-state index contributed by atoms with van der Waals surface area (Å²) in [5, 5.41) is 10.8. The van der Waals surface area contributed by atoms with Gasteiger partial charge in [-0.2, -0.15) is 0 Å². The third-order valence-corrected chi connectivity index (χ3v) is 2.56. The summed E-state index contributed by atoms with van der Waals surface area (Å²) in [5.41, 5.74) is 2.93. The van der Waals surface area contributed by atoms with Crippen molar-refractivity contribution in [2.45, 2.75) is 6.92 Å². The molecule has 0 saturated carbocycles. The maximum atomic E-state index is 10.9. The minimum absolute atomic E-state index is 0.0964. The highest BCUT2D eigenvalue weighted by atomic mass is 16.1. The van der Waals surface area contributed by atoms with E-state index in [2.05, 4.69) is 5.32 Å². The summed E-state index contributed by atoms with van der Waals surface area (Å²) >= 11 is 0. The molecule has 0 aromatic heterocycles. The van der Waals surface area contributed by atoms with Crippen molar-refractivity contribution in [2.24, 2.45) is 0 Å². The molecule has 0 heterocycles. The first-order valence-electron chi connectivity index (χ1n) is 5.69. The standard InChI is InChI=1S/C15H14N2O/c1-11(18)17-14-9-7-13(8-10-14)15(16)12-5-3-2-4-6-12/h2-10,16H,1H3,(H,17,18). The van der Waals surface area contributed by atoms with Crippen molar-refractivity contribution < 1.29 is 4.79 Å². The maximum absolute atomic E-state index is 10.9. The summed E-state index contributed by atoms with van der Waals surface area (Å²) in [6.07, 6.45) is 0. The van der Waals surface area contributed by atoms with Crippen molar-refractivity contribution in [3.63, 3.8) is 0 Å². The molecule has 2 N–H and O–H groups in total. The molecule has 0 aliphatic carbocycles. The van der Waals surface area contributed by atoms with Crippen LogP contribution < -0.4 is 5.32 Å². The number of hydrogen-bond donors (Lipinski definition) is 2. The van der Waals surface area contributed by atoms with Crippen LogP contribution in [-0.4, -0.2) is 11.6 Å². The number of amides is 1. The fourth-order valence-corrected chi connectivity index (χ4v) is 1.69. The molecule has 0 saturated heterocycles. The van der Waals surface area contributed by atoms with E-state index in [9.17, 15) is 4.79 Å². The van der Waals surface area contributed by atoms with E-state index in [1.807, 2.05) is 42.5 Å². The molecule has 2 aromatic carbocycles. The number of benzene rings is 2. The predicted octanol–water partition coefficient (Wildman–Crippen LogP) is 3.06. The van der Waals surface area contributed by atoms with Gasteiger partial charge in [0.05, 0.1) is 5.71 Å². The van der Waals surface area contributed by atoms with Gasteiger partial charge in [-0.05, 0) is 17.7 Å². The first-order chi connectivity index (χ1) is 8.66. The van der Waals surface area contributed by atoms with Gasteiger partial charge >= 0.3 is 0 Å². The van der Waals surface area contributed by atoms with Crippen molar-refractivity contribution in [1.29, 1.82) is 5.41 Å². The van der Waals surface area contributed by atoms with Gasteiger partial charge in [-0.3, -0.25) is 10.2 Å². The van der Waals surface area contributed by atoms with E-state index in [4.69, 9.17) is 5.41 Å². The second-order valence-electron chi connectivity index (χ2n) is 4.00. The minimum Gasteiger partial charge on any atom is -0.326 e. The molecule has 0 bridgehead atoms. The largest absolute Gasteiger partial charge is 0.326 e. The van der Waals surface area contributed by atoms with Crippen LogP contribution in [0, 0.1) is 5.41 Å². The Kier molecular flexibility index (Phi) is 3.53. The molecule has 0 spiro atoms. The van der Waals surface area contributed by atoms with Crippen molar-refractivity contribution in [1.82, 2.24) is 0 Å². The highest BCUT2D eigenvalue weighted by Gasteiger charge is 2.04. The maximum Gasteiger partial charge on any atom is 0.221 e. The molecule has 2 rings (SSSR count). The van der Waals surface area contributed by atoms with Gasteiger partial charge in [0.15, 0.2) is 0 Å². The average molecular weight is 238 g/mol. The van der Waals surface area contributed by atoms with E-state index < -0.39 is 0 Å². The summed E-state index contributed by atoms with van der Waals surface area (Å²) in [7, 11) is 0. The molecule has 0 aliphatic heterocycles. The molecule has 3 nitrogen and oxygen atoms in total. The van der Waals surface area contributed by atoms with E-state index in [1.54, 1.807) is 12.1 Å². The number of carbonyl (C=O) groups is 1. The number of rotatable bonds is 3. The highest BCUT2D eigenvalue weighted by Crippen LogP contribution is 2.13. The Labute approximate surface area is 106 Å². The average Bonchev–Trinajstić information content (AvgIpc) is 2.39. The van der Waals surface area contributed by atoms with E-state index in [0.29, 0.717) is 5.71 Å². The molecule has 0 fully saturated rings. The minimum atomic E-state index is -0.0964. The van der Waals surface area contributed by atoms with E-state index in [0.717, 1.165) is 16.8 Å². The van der Waals surface area contributed by atoms with Crippen LogP contribution >= 0.6 is 0 Å². The van der Waals surface area contributed by atoms with Crippen molar-refractivity contribution in [3.05, 3.63) is 65.7 Å². The van der Waals surface area contributed by atoms with Crippen LogP contribution in [-0.2, 0) is 4.79 Å². The lowest BCUT2D eigenvalue weighted by Gasteiger charge is -2.06. The first kappa shape index (κ1) is 12.0. The lowest BCUT2D eigenvalue weighted by Crippen LogP contribution is -2.06. The van der Waals surface area contributed by atoms with Crippen LogP contribution in [0.15, 0.2) is 54.6 Å². The van der Waals surface area contributed by atoms with E-state index >= 15 is 0 Å². The Bertz CT molecular complexity index is 559. The zero-order chi connectivity index (χ0) is 13.0. The monoisotopic (exact) mass is 238 g/mol. The lowest BCUT2D eigenvalue weighted by molar-refractivity contribution is -0.114. The van der Waals surface area contributed by atoms with Gasteiger partial charge < -0.3 is 5.32 Å². The zero-order valence-electron chi connectivity index (χ0n) is 10.1. The van der Waals surface area contributed by atoms with Gasteiger partial charge in [0.1, 0.15) is 0 Å². The Morgan fingerprint density at radius 1 is 0.944 bits per heavy atom. The van der Waals surface area contributed by atoms with Crippen molar-refractivity contribution in [3.8, 4) is 0 Å². The van der Waals surface area contributed by atoms with Crippen LogP contribution in [0.1, 0.15) is 18.1 Å². The van der Waals surface area contributed by atoms with Gasteiger partial charge in [-0.25, -0.2) is 0 Å².